The number of nitrogens with one attached hydrogen (secondary N) is 1. The van der Waals surface area contributed by atoms with Crippen LogP contribution in [-0.4, -0.2) is 47.8 Å². The number of benzene rings is 2. The highest BCUT2D eigenvalue weighted by Crippen LogP contribution is 2.23. The van der Waals surface area contributed by atoms with Crippen molar-refractivity contribution in [3.8, 4) is 0 Å². The number of piperazine rings is 1. The summed E-state index contributed by atoms with van der Waals surface area (Å²) in [7, 11) is 0. The SMILES string of the molecule is CC(C)(C(=O)Nc1ccccc1)C(=O)N1CCN(Cc2ccccc2)CC1. The molecule has 0 bridgehead atoms. The molecule has 142 valence electrons. The Bertz CT molecular complexity index is 767. The van der Waals surface area contributed by atoms with Crippen LogP contribution >= 0.6 is 0 Å². The second-order valence-corrected chi connectivity index (χ2v) is 7.50. The number of para-hydroxylation sites is 1. The van der Waals surface area contributed by atoms with Crippen LogP contribution in [0.1, 0.15) is 19.4 Å². The fourth-order valence-electron chi connectivity index (χ4n) is 3.25. The average Bonchev–Trinajstić information content (AvgIpc) is 2.69. The molecule has 0 saturated carbocycles. The van der Waals surface area contributed by atoms with E-state index < -0.39 is 5.41 Å². The van der Waals surface area contributed by atoms with Crippen molar-refractivity contribution >= 4 is 17.5 Å². The largest absolute Gasteiger partial charge is 0.339 e. The fourth-order valence-corrected chi connectivity index (χ4v) is 3.25. The molecule has 1 N–H and O–H groups in total. The molecule has 5 heteroatoms. The molecule has 3 rings (SSSR count). The highest BCUT2D eigenvalue weighted by molar-refractivity contribution is 6.09. The van der Waals surface area contributed by atoms with Crippen molar-refractivity contribution in [3.05, 3.63) is 66.2 Å². The molecular formula is C22H27N3O2. The van der Waals surface area contributed by atoms with Crippen molar-refractivity contribution in [1.82, 2.24) is 9.80 Å². The van der Waals surface area contributed by atoms with Crippen molar-refractivity contribution in [3.63, 3.8) is 0 Å². The first kappa shape index (κ1) is 19.1. The van der Waals surface area contributed by atoms with E-state index in [2.05, 4.69) is 22.3 Å². The summed E-state index contributed by atoms with van der Waals surface area (Å²) in [6, 6.07) is 19.6. The van der Waals surface area contributed by atoms with Crippen LogP contribution in [-0.2, 0) is 16.1 Å². The van der Waals surface area contributed by atoms with E-state index >= 15 is 0 Å². The van der Waals surface area contributed by atoms with E-state index in [0.29, 0.717) is 18.8 Å². The molecule has 5 nitrogen and oxygen atoms in total. The number of amides is 2. The molecular weight excluding hydrogens is 338 g/mol. The number of carbonyl (C=O) groups is 2. The second kappa shape index (κ2) is 8.35. The van der Waals surface area contributed by atoms with Crippen LogP contribution in [0.2, 0.25) is 0 Å². The van der Waals surface area contributed by atoms with E-state index in [9.17, 15) is 9.59 Å². The van der Waals surface area contributed by atoms with Gasteiger partial charge in [0, 0.05) is 38.4 Å². The molecule has 1 aliphatic heterocycles. The summed E-state index contributed by atoms with van der Waals surface area (Å²) >= 11 is 0. The van der Waals surface area contributed by atoms with E-state index in [1.54, 1.807) is 13.8 Å². The third-order valence-electron chi connectivity index (χ3n) is 5.04. The molecule has 2 aromatic rings. The Morgan fingerprint density at radius 1 is 0.889 bits per heavy atom. The second-order valence-electron chi connectivity index (χ2n) is 7.50. The molecule has 1 aliphatic rings. The number of rotatable bonds is 5. The number of carbonyl (C=O) groups excluding carboxylic acids is 2. The van der Waals surface area contributed by atoms with Gasteiger partial charge >= 0.3 is 0 Å². The zero-order valence-electron chi connectivity index (χ0n) is 16.0. The number of hydrogen-bond donors (Lipinski definition) is 1. The first-order chi connectivity index (χ1) is 13.0. The molecule has 1 saturated heterocycles. The number of anilines is 1. The first-order valence-electron chi connectivity index (χ1n) is 9.39. The normalized spacial score (nSPS) is 15.4. The summed E-state index contributed by atoms with van der Waals surface area (Å²) in [5.41, 5.74) is 0.883. The monoisotopic (exact) mass is 365 g/mol. The van der Waals surface area contributed by atoms with Crippen LogP contribution in [0, 0.1) is 5.41 Å². The number of hydrogen-bond acceptors (Lipinski definition) is 3. The Labute approximate surface area is 161 Å². The summed E-state index contributed by atoms with van der Waals surface area (Å²) in [5, 5.41) is 2.85. The van der Waals surface area contributed by atoms with E-state index in [-0.39, 0.29) is 11.8 Å². The Balaban J connectivity index is 1.55. The quantitative estimate of drug-likeness (QED) is 0.829. The lowest BCUT2D eigenvalue weighted by Crippen LogP contribution is -2.54. The van der Waals surface area contributed by atoms with Gasteiger partial charge < -0.3 is 10.2 Å². The third-order valence-corrected chi connectivity index (χ3v) is 5.04. The minimum absolute atomic E-state index is 0.115. The highest BCUT2D eigenvalue weighted by atomic mass is 16.2. The number of nitrogens with zero attached hydrogens (tertiary/aromatic N) is 2. The Kier molecular flexibility index (Phi) is 5.91. The van der Waals surface area contributed by atoms with Crippen molar-refractivity contribution in [2.45, 2.75) is 20.4 Å². The Morgan fingerprint density at radius 3 is 2.04 bits per heavy atom. The highest BCUT2D eigenvalue weighted by Gasteiger charge is 2.40. The van der Waals surface area contributed by atoms with Gasteiger partial charge in [0.15, 0.2) is 0 Å². The van der Waals surface area contributed by atoms with Gasteiger partial charge in [-0.15, -0.1) is 0 Å². The zero-order chi connectivity index (χ0) is 19.3. The van der Waals surface area contributed by atoms with Gasteiger partial charge in [-0.05, 0) is 31.5 Å². The lowest BCUT2D eigenvalue weighted by molar-refractivity contribution is -0.147. The van der Waals surface area contributed by atoms with Crippen molar-refractivity contribution in [2.75, 3.05) is 31.5 Å². The van der Waals surface area contributed by atoms with Gasteiger partial charge in [-0.1, -0.05) is 48.5 Å². The minimum atomic E-state index is -1.10. The molecule has 0 unspecified atom stereocenters. The van der Waals surface area contributed by atoms with E-state index in [1.165, 1.54) is 5.56 Å². The van der Waals surface area contributed by atoms with Gasteiger partial charge in [0.2, 0.25) is 11.8 Å². The van der Waals surface area contributed by atoms with Crippen molar-refractivity contribution < 1.29 is 9.59 Å². The smallest absolute Gasteiger partial charge is 0.239 e. The molecule has 1 heterocycles. The van der Waals surface area contributed by atoms with Crippen molar-refractivity contribution in [1.29, 1.82) is 0 Å². The van der Waals surface area contributed by atoms with Gasteiger partial charge in [0.05, 0.1) is 0 Å². The topological polar surface area (TPSA) is 52.7 Å². The molecule has 0 atom stereocenters. The maximum absolute atomic E-state index is 13.0. The van der Waals surface area contributed by atoms with Crippen LogP contribution in [0.4, 0.5) is 5.69 Å². The van der Waals surface area contributed by atoms with Crippen LogP contribution in [0.25, 0.3) is 0 Å². The van der Waals surface area contributed by atoms with Gasteiger partial charge in [0.1, 0.15) is 5.41 Å². The summed E-state index contributed by atoms with van der Waals surface area (Å²) in [5.74, 6) is -0.388. The maximum atomic E-state index is 13.0. The average molecular weight is 365 g/mol. The summed E-state index contributed by atoms with van der Waals surface area (Å²) < 4.78 is 0. The standard InChI is InChI=1S/C22H27N3O2/c1-22(2,20(26)23-19-11-7-4-8-12-19)21(27)25-15-13-24(14-16-25)17-18-9-5-3-6-10-18/h3-12H,13-17H2,1-2H3,(H,23,26). The van der Waals surface area contributed by atoms with Crippen LogP contribution < -0.4 is 5.32 Å². The maximum Gasteiger partial charge on any atom is 0.239 e. The molecule has 27 heavy (non-hydrogen) atoms. The molecule has 0 spiro atoms. The van der Waals surface area contributed by atoms with Crippen molar-refractivity contribution in [2.24, 2.45) is 5.41 Å². The summed E-state index contributed by atoms with van der Waals surface area (Å²) in [6.45, 7) is 7.21. The lowest BCUT2D eigenvalue weighted by atomic mass is 9.89. The lowest BCUT2D eigenvalue weighted by Gasteiger charge is -2.38. The van der Waals surface area contributed by atoms with E-state index in [1.807, 2.05) is 53.4 Å². The van der Waals surface area contributed by atoms with E-state index in [0.717, 1.165) is 19.6 Å². The summed E-state index contributed by atoms with van der Waals surface area (Å²) in [4.78, 5) is 29.8. The summed E-state index contributed by atoms with van der Waals surface area (Å²) in [6.07, 6.45) is 0. The minimum Gasteiger partial charge on any atom is -0.339 e. The van der Waals surface area contributed by atoms with Gasteiger partial charge in [-0.25, -0.2) is 0 Å². The molecule has 2 aromatic carbocycles. The van der Waals surface area contributed by atoms with Gasteiger partial charge in [0.25, 0.3) is 0 Å². The van der Waals surface area contributed by atoms with E-state index in [4.69, 9.17) is 0 Å². The molecule has 0 aliphatic carbocycles. The Hall–Kier alpha value is -2.66. The molecule has 1 fully saturated rings. The first-order valence-corrected chi connectivity index (χ1v) is 9.39. The van der Waals surface area contributed by atoms with Crippen LogP contribution in [0.3, 0.4) is 0 Å². The Morgan fingerprint density at radius 2 is 1.44 bits per heavy atom. The third kappa shape index (κ3) is 4.74. The molecule has 0 aromatic heterocycles. The van der Waals surface area contributed by atoms with Crippen LogP contribution in [0.15, 0.2) is 60.7 Å². The predicted molar refractivity (Wildman–Crippen MR) is 107 cm³/mol. The zero-order valence-corrected chi connectivity index (χ0v) is 16.0. The molecule has 2 amide bonds. The van der Waals surface area contributed by atoms with Crippen LogP contribution in [0.5, 0.6) is 0 Å². The van der Waals surface area contributed by atoms with Gasteiger partial charge in [-0.2, -0.15) is 0 Å². The molecule has 0 radical (unpaired) electrons. The predicted octanol–water partition coefficient (Wildman–Crippen LogP) is 3.00. The fraction of sp³-hybridized carbons (Fsp3) is 0.364. The van der Waals surface area contributed by atoms with Gasteiger partial charge in [-0.3, -0.25) is 14.5 Å².